The fourth-order valence-corrected chi connectivity index (χ4v) is 1.95. The lowest BCUT2D eigenvalue weighted by atomic mass is 9.98. The molecule has 0 N–H and O–H groups in total. The highest BCUT2D eigenvalue weighted by atomic mass is 35.5. The second-order valence-electron chi connectivity index (χ2n) is 4.04. The van der Waals surface area contributed by atoms with Crippen molar-refractivity contribution in [2.45, 2.75) is 13.8 Å². The first-order chi connectivity index (χ1) is 8.50. The third-order valence-electron chi connectivity index (χ3n) is 2.93. The first kappa shape index (κ1) is 12.5. The van der Waals surface area contributed by atoms with Gasteiger partial charge in [0.1, 0.15) is 0 Å². The van der Waals surface area contributed by atoms with Gasteiger partial charge in [-0.1, -0.05) is 29.8 Å². The molecule has 0 fully saturated rings. The van der Waals surface area contributed by atoms with E-state index in [9.17, 15) is 10.1 Å². The average Bonchev–Trinajstić information content (AvgIpc) is 2.33. The lowest BCUT2D eigenvalue weighted by Gasteiger charge is -2.08. The highest BCUT2D eigenvalue weighted by Crippen LogP contribution is 2.30. The van der Waals surface area contributed by atoms with E-state index < -0.39 is 4.92 Å². The number of nitrogens with zero attached hydrogens (tertiary/aromatic N) is 2. The van der Waals surface area contributed by atoms with Gasteiger partial charge in [-0.25, -0.2) is 4.98 Å². The molecule has 92 valence electrons. The third-order valence-corrected chi connectivity index (χ3v) is 3.22. The van der Waals surface area contributed by atoms with E-state index in [2.05, 4.69) is 4.98 Å². The summed E-state index contributed by atoms with van der Waals surface area (Å²) < 4.78 is 0. The number of halogens is 1. The fourth-order valence-electron chi connectivity index (χ4n) is 1.78. The molecule has 5 heteroatoms. The topological polar surface area (TPSA) is 56.0 Å². The molecule has 0 amide bonds. The maximum absolute atomic E-state index is 10.8. The van der Waals surface area contributed by atoms with Crippen LogP contribution in [0.2, 0.25) is 5.15 Å². The molecule has 18 heavy (non-hydrogen) atoms. The molecule has 2 aromatic rings. The summed E-state index contributed by atoms with van der Waals surface area (Å²) in [6, 6.07) is 7.28. The predicted molar refractivity (Wildman–Crippen MR) is 70.8 cm³/mol. The van der Waals surface area contributed by atoms with E-state index in [0.29, 0.717) is 5.56 Å². The van der Waals surface area contributed by atoms with Crippen molar-refractivity contribution in [1.82, 2.24) is 4.98 Å². The Hall–Kier alpha value is -1.94. The minimum Gasteiger partial charge on any atom is -0.258 e. The quantitative estimate of drug-likeness (QED) is 0.468. The van der Waals surface area contributed by atoms with Gasteiger partial charge in [0.05, 0.1) is 4.92 Å². The molecule has 0 saturated carbocycles. The van der Waals surface area contributed by atoms with Crippen LogP contribution in [0.3, 0.4) is 0 Å². The van der Waals surface area contributed by atoms with Crippen molar-refractivity contribution in [2.24, 2.45) is 0 Å². The summed E-state index contributed by atoms with van der Waals surface area (Å²) in [5.41, 5.74) is 3.67. The van der Waals surface area contributed by atoms with Crippen molar-refractivity contribution in [2.75, 3.05) is 0 Å². The SMILES string of the molecule is Cc1cccc(-c2cnc(Cl)c([N+](=O)[O-])c2)c1C. The van der Waals surface area contributed by atoms with Gasteiger partial charge < -0.3 is 0 Å². The van der Waals surface area contributed by atoms with Gasteiger partial charge >= 0.3 is 5.69 Å². The molecule has 0 aliphatic carbocycles. The zero-order chi connectivity index (χ0) is 13.3. The first-order valence-electron chi connectivity index (χ1n) is 5.37. The Morgan fingerprint density at radius 2 is 2.06 bits per heavy atom. The Labute approximate surface area is 109 Å². The normalized spacial score (nSPS) is 10.4. The summed E-state index contributed by atoms with van der Waals surface area (Å²) in [6.07, 6.45) is 1.55. The van der Waals surface area contributed by atoms with Gasteiger partial charge in [-0.2, -0.15) is 0 Å². The minimum absolute atomic E-state index is 0.0888. The van der Waals surface area contributed by atoms with Crippen LogP contribution in [0.5, 0.6) is 0 Å². The van der Waals surface area contributed by atoms with E-state index in [1.165, 1.54) is 6.07 Å². The second kappa shape index (κ2) is 4.74. The molecule has 0 spiro atoms. The summed E-state index contributed by atoms with van der Waals surface area (Å²) in [4.78, 5) is 14.2. The highest BCUT2D eigenvalue weighted by Gasteiger charge is 2.15. The number of pyridine rings is 1. The molecular weight excluding hydrogens is 252 g/mol. The van der Waals surface area contributed by atoms with Gasteiger partial charge in [-0.05, 0) is 30.5 Å². The van der Waals surface area contributed by atoms with Crippen molar-refractivity contribution in [1.29, 1.82) is 0 Å². The van der Waals surface area contributed by atoms with E-state index in [1.54, 1.807) is 6.20 Å². The number of aromatic nitrogens is 1. The molecule has 1 heterocycles. The van der Waals surface area contributed by atoms with Crippen LogP contribution in [0, 0.1) is 24.0 Å². The number of hydrogen-bond acceptors (Lipinski definition) is 3. The summed E-state index contributed by atoms with van der Waals surface area (Å²) in [5.74, 6) is 0. The Morgan fingerprint density at radius 3 is 2.72 bits per heavy atom. The monoisotopic (exact) mass is 262 g/mol. The summed E-state index contributed by atoms with van der Waals surface area (Å²) in [7, 11) is 0. The number of hydrogen-bond donors (Lipinski definition) is 0. The lowest BCUT2D eigenvalue weighted by molar-refractivity contribution is -0.385. The zero-order valence-corrected chi connectivity index (χ0v) is 10.7. The number of nitro groups is 1. The zero-order valence-electron chi connectivity index (χ0n) is 9.98. The van der Waals surface area contributed by atoms with Crippen LogP contribution in [-0.4, -0.2) is 9.91 Å². The van der Waals surface area contributed by atoms with Crippen molar-refractivity contribution >= 4 is 17.3 Å². The smallest absolute Gasteiger partial charge is 0.258 e. The van der Waals surface area contributed by atoms with E-state index in [-0.39, 0.29) is 10.8 Å². The summed E-state index contributed by atoms with van der Waals surface area (Å²) >= 11 is 5.70. The largest absolute Gasteiger partial charge is 0.307 e. The van der Waals surface area contributed by atoms with Crippen LogP contribution in [0.25, 0.3) is 11.1 Å². The highest BCUT2D eigenvalue weighted by molar-refractivity contribution is 6.31. The molecule has 0 atom stereocenters. The molecule has 0 unspecified atom stereocenters. The molecule has 0 saturated heterocycles. The molecule has 4 nitrogen and oxygen atoms in total. The van der Waals surface area contributed by atoms with E-state index in [1.807, 2.05) is 32.0 Å². The lowest BCUT2D eigenvalue weighted by Crippen LogP contribution is -1.94. The Kier molecular flexibility index (Phi) is 3.30. The minimum atomic E-state index is -0.524. The van der Waals surface area contributed by atoms with Crippen LogP contribution in [-0.2, 0) is 0 Å². The van der Waals surface area contributed by atoms with Gasteiger partial charge in [0, 0.05) is 17.8 Å². The van der Waals surface area contributed by atoms with Crippen molar-refractivity contribution in [3.05, 3.63) is 56.9 Å². The van der Waals surface area contributed by atoms with Crippen LogP contribution in [0.4, 0.5) is 5.69 Å². The molecule has 0 bridgehead atoms. The second-order valence-corrected chi connectivity index (χ2v) is 4.40. The van der Waals surface area contributed by atoms with Gasteiger partial charge in [-0.15, -0.1) is 0 Å². The van der Waals surface area contributed by atoms with Crippen LogP contribution >= 0.6 is 11.6 Å². The van der Waals surface area contributed by atoms with Crippen molar-refractivity contribution in [3.63, 3.8) is 0 Å². The van der Waals surface area contributed by atoms with Gasteiger partial charge in [0.2, 0.25) is 5.15 Å². The molecule has 1 aromatic heterocycles. The Bertz CT molecular complexity index is 626. The van der Waals surface area contributed by atoms with Crippen LogP contribution in [0.1, 0.15) is 11.1 Å². The number of rotatable bonds is 2. The van der Waals surface area contributed by atoms with E-state index in [4.69, 9.17) is 11.6 Å². The average molecular weight is 263 g/mol. The van der Waals surface area contributed by atoms with Crippen LogP contribution in [0.15, 0.2) is 30.5 Å². The molecule has 0 aliphatic heterocycles. The number of aryl methyl sites for hydroxylation is 1. The Balaban J connectivity index is 2.62. The molecule has 2 rings (SSSR count). The molecule has 0 radical (unpaired) electrons. The van der Waals surface area contributed by atoms with Gasteiger partial charge in [0.15, 0.2) is 0 Å². The maximum Gasteiger partial charge on any atom is 0.307 e. The van der Waals surface area contributed by atoms with E-state index in [0.717, 1.165) is 16.7 Å². The van der Waals surface area contributed by atoms with Gasteiger partial charge in [0.25, 0.3) is 0 Å². The fraction of sp³-hybridized carbons (Fsp3) is 0.154. The first-order valence-corrected chi connectivity index (χ1v) is 5.75. The van der Waals surface area contributed by atoms with Gasteiger partial charge in [-0.3, -0.25) is 10.1 Å². The van der Waals surface area contributed by atoms with E-state index >= 15 is 0 Å². The van der Waals surface area contributed by atoms with Crippen LogP contribution < -0.4 is 0 Å². The molecular formula is C13H11ClN2O2. The standard InChI is InChI=1S/C13H11ClN2O2/c1-8-4-3-5-11(9(8)2)10-6-12(16(17)18)13(14)15-7-10/h3-7H,1-2H3. The molecule has 0 aliphatic rings. The maximum atomic E-state index is 10.8. The summed E-state index contributed by atoms with van der Waals surface area (Å²) in [5, 5.41) is 10.7. The van der Waals surface area contributed by atoms with Crippen molar-refractivity contribution in [3.8, 4) is 11.1 Å². The molecule has 1 aromatic carbocycles. The van der Waals surface area contributed by atoms with Crippen molar-refractivity contribution < 1.29 is 4.92 Å². The third kappa shape index (κ3) is 2.19. The summed E-state index contributed by atoms with van der Waals surface area (Å²) in [6.45, 7) is 3.97. The predicted octanol–water partition coefficient (Wildman–Crippen LogP) is 3.93. The Morgan fingerprint density at radius 1 is 1.33 bits per heavy atom. The number of benzene rings is 1.